The molecule has 168 valence electrons. The van der Waals surface area contributed by atoms with Crippen LogP contribution >= 0.6 is 12.2 Å². The Kier molecular flexibility index (Phi) is 6.97. The number of aryl methyl sites for hydroxylation is 1. The minimum Gasteiger partial charge on any atom is -0.352 e. The van der Waals surface area contributed by atoms with Gasteiger partial charge in [0.25, 0.3) is 0 Å². The minimum atomic E-state index is 0.0772. The molecule has 2 aliphatic rings. The van der Waals surface area contributed by atoms with E-state index < -0.39 is 0 Å². The molecular formula is C25H37N5S. The first-order chi connectivity index (χ1) is 15.0. The van der Waals surface area contributed by atoms with Crippen molar-refractivity contribution in [2.45, 2.75) is 70.5 Å². The first-order valence-electron chi connectivity index (χ1n) is 11.8. The molecule has 0 unspecified atom stereocenters. The van der Waals surface area contributed by atoms with Crippen molar-refractivity contribution in [3.63, 3.8) is 0 Å². The van der Waals surface area contributed by atoms with Gasteiger partial charge in [-0.3, -0.25) is 4.98 Å². The molecule has 1 aliphatic heterocycles. The number of hydrogen-bond donors (Lipinski definition) is 1. The highest BCUT2D eigenvalue weighted by Crippen LogP contribution is 2.42. The van der Waals surface area contributed by atoms with Crippen molar-refractivity contribution < 1.29 is 0 Å². The van der Waals surface area contributed by atoms with Gasteiger partial charge in [0.2, 0.25) is 0 Å². The normalized spacial score (nSPS) is 22.4. The minimum absolute atomic E-state index is 0.0772. The van der Waals surface area contributed by atoms with E-state index in [4.69, 9.17) is 17.2 Å². The van der Waals surface area contributed by atoms with Crippen LogP contribution in [0.25, 0.3) is 0 Å². The zero-order chi connectivity index (χ0) is 22.0. The van der Waals surface area contributed by atoms with Crippen molar-refractivity contribution >= 4 is 17.3 Å². The third-order valence-corrected chi connectivity index (χ3v) is 7.34. The third kappa shape index (κ3) is 4.65. The number of rotatable bonds is 7. The van der Waals surface area contributed by atoms with Crippen LogP contribution in [0.3, 0.4) is 0 Å². The summed E-state index contributed by atoms with van der Waals surface area (Å²) in [5.74, 6) is 0. The lowest BCUT2D eigenvalue weighted by Gasteiger charge is -2.30. The lowest BCUT2D eigenvalue weighted by molar-refractivity contribution is 0.290. The molecule has 2 aromatic heterocycles. The highest BCUT2D eigenvalue weighted by atomic mass is 32.1. The Morgan fingerprint density at radius 1 is 1.16 bits per heavy atom. The average Bonchev–Trinajstić information content (AvgIpc) is 3.24. The average molecular weight is 440 g/mol. The van der Waals surface area contributed by atoms with Gasteiger partial charge in [0.15, 0.2) is 5.11 Å². The first-order valence-corrected chi connectivity index (χ1v) is 12.2. The maximum Gasteiger partial charge on any atom is 0.170 e. The summed E-state index contributed by atoms with van der Waals surface area (Å²) >= 11 is 5.85. The van der Waals surface area contributed by atoms with Gasteiger partial charge in [0, 0.05) is 30.2 Å². The van der Waals surface area contributed by atoms with Crippen LogP contribution in [-0.2, 0) is 0 Å². The van der Waals surface area contributed by atoms with Gasteiger partial charge in [-0.25, -0.2) is 0 Å². The fraction of sp³-hybridized carbons (Fsp3) is 0.600. The molecule has 6 heteroatoms. The summed E-state index contributed by atoms with van der Waals surface area (Å²) in [5, 5.41) is 4.46. The van der Waals surface area contributed by atoms with E-state index in [0.29, 0.717) is 6.04 Å². The van der Waals surface area contributed by atoms with E-state index in [2.05, 4.69) is 65.8 Å². The standard InChI is InChI=1S/C25H37N5S/c1-18-17-21(19(2)30(18)20-11-6-5-7-12-20)24-23(22-13-8-9-14-26-22)27-25(31)29(24)16-10-15-28(3)4/h8-9,13-14,17,20,23-24H,5-7,10-12,15-16H2,1-4H3,(H,27,31)/t23-,24-/m1/s1. The molecule has 3 heterocycles. The van der Waals surface area contributed by atoms with Gasteiger partial charge >= 0.3 is 0 Å². The summed E-state index contributed by atoms with van der Waals surface area (Å²) in [6, 6.07) is 9.48. The predicted octanol–water partition coefficient (Wildman–Crippen LogP) is 4.93. The van der Waals surface area contributed by atoms with Gasteiger partial charge in [0.1, 0.15) is 0 Å². The molecule has 0 radical (unpaired) electrons. The maximum atomic E-state index is 5.85. The highest BCUT2D eigenvalue weighted by Gasteiger charge is 2.41. The summed E-state index contributed by atoms with van der Waals surface area (Å²) in [6.45, 7) is 6.59. The van der Waals surface area contributed by atoms with Crippen LogP contribution in [0.4, 0.5) is 0 Å². The largest absolute Gasteiger partial charge is 0.352 e. The van der Waals surface area contributed by atoms with Gasteiger partial charge in [-0.05, 0) is 89.7 Å². The molecule has 0 aromatic carbocycles. The molecular weight excluding hydrogens is 402 g/mol. The Morgan fingerprint density at radius 3 is 2.61 bits per heavy atom. The summed E-state index contributed by atoms with van der Waals surface area (Å²) < 4.78 is 2.61. The Labute approximate surface area is 192 Å². The molecule has 5 nitrogen and oxygen atoms in total. The number of aromatic nitrogens is 2. The summed E-state index contributed by atoms with van der Waals surface area (Å²) in [4.78, 5) is 9.35. The third-order valence-electron chi connectivity index (χ3n) is 6.98. The predicted molar refractivity (Wildman–Crippen MR) is 131 cm³/mol. The topological polar surface area (TPSA) is 36.3 Å². The van der Waals surface area contributed by atoms with Gasteiger partial charge in [0.05, 0.1) is 17.8 Å². The Balaban J connectivity index is 1.70. The Morgan fingerprint density at radius 2 is 1.94 bits per heavy atom. The fourth-order valence-corrected chi connectivity index (χ4v) is 5.88. The quantitative estimate of drug-likeness (QED) is 0.619. The van der Waals surface area contributed by atoms with E-state index in [1.54, 1.807) is 0 Å². The SMILES string of the molecule is Cc1cc([C@@H]2[C@@H](c3ccccn3)NC(=S)N2CCCN(C)C)c(C)n1C1CCCCC1. The molecule has 2 atom stereocenters. The lowest BCUT2D eigenvalue weighted by Crippen LogP contribution is -2.32. The van der Waals surface area contributed by atoms with Gasteiger partial charge in [-0.15, -0.1) is 0 Å². The number of hydrogen-bond acceptors (Lipinski definition) is 3. The van der Waals surface area contributed by atoms with Crippen molar-refractivity contribution in [3.05, 3.63) is 53.1 Å². The molecule has 1 N–H and O–H groups in total. The number of pyridine rings is 1. The molecule has 2 fully saturated rings. The van der Waals surface area contributed by atoms with Gasteiger partial charge in [-0.2, -0.15) is 0 Å². The second-order valence-electron chi connectivity index (χ2n) is 9.47. The number of thiocarbonyl (C=S) groups is 1. The summed E-state index contributed by atoms with van der Waals surface area (Å²) in [6.07, 6.45) is 9.64. The van der Waals surface area contributed by atoms with E-state index in [0.717, 1.165) is 30.3 Å². The van der Waals surface area contributed by atoms with E-state index in [-0.39, 0.29) is 12.1 Å². The van der Waals surface area contributed by atoms with Crippen LogP contribution in [0.2, 0.25) is 0 Å². The molecule has 31 heavy (non-hydrogen) atoms. The summed E-state index contributed by atoms with van der Waals surface area (Å²) in [5.41, 5.74) is 5.24. The molecule has 1 saturated heterocycles. The zero-order valence-electron chi connectivity index (χ0n) is 19.5. The van der Waals surface area contributed by atoms with Crippen LogP contribution < -0.4 is 5.32 Å². The van der Waals surface area contributed by atoms with Gasteiger partial charge in [-0.1, -0.05) is 25.3 Å². The van der Waals surface area contributed by atoms with E-state index in [1.165, 1.54) is 49.1 Å². The fourth-order valence-electron chi connectivity index (χ4n) is 5.55. The van der Waals surface area contributed by atoms with E-state index in [1.807, 2.05) is 12.3 Å². The smallest absolute Gasteiger partial charge is 0.170 e. The van der Waals surface area contributed by atoms with E-state index in [9.17, 15) is 0 Å². The van der Waals surface area contributed by atoms with Crippen molar-refractivity contribution in [1.29, 1.82) is 0 Å². The van der Waals surface area contributed by atoms with Crippen molar-refractivity contribution in [2.24, 2.45) is 0 Å². The molecule has 0 spiro atoms. The van der Waals surface area contributed by atoms with Crippen LogP contribution in [0.1, 0.15) is 79.3 Å². The van der Waals surface area contributed by atoms with Crippen LogP contribution in [-0.4, -0.2) is 51.6 Å². The summed E-state index contributed by atoms with van der Waals surface area (Å²) in [7, 11) is 4.26. The molecule has 0 amide bonds. The second kappa shape index (κ2) is 9.70. The van der Waals surface area contributed by atoms with Crippen LogP contribution in [0, 0.1) is 13.8 Å². The molecule has 1 aliphatic carbocycles. The number of nitrogens with one attached hydrogen (secondary N) is 1. The molecule has 4 rings (SSSR count). The van der Waals surface area contributed by atoms with Gasteiger partial charge < -0.3 is 19.7 Å². The van der Waals surface area contributed by atoms with E-state index >= 15 is 0 Å². The van der Waals surface area contributed by atoms with Crippen molar-refractivity contribution in [3.8, 4) is 0 Å². The molecule has 0 bridgehead atoms. The van der Waals surface area contributed by atoms with Crippen LogP contribution in [0.15, 0.2) is 30.5 Å². The highest BCUT2D eigenvalue weighted by molar-refractivity contribution is 7.80. The van der Waals surface area contributed by atoms with Crippen LogP contribution in [0.5, 0.6) is 0 Å². The Hall–Kier alpha value is -1.92. The number of nitrogens with zero attached hydrogens (tertiary/aromatic N) is 4. The zero-order valence-corrected chi connectivity index (χ0v) is 20.3. The maximum absolute atomic E-state index is 5.85. The molecule has 1 saturated carbocycles. The monoisotopic (exact) mass is 439 g/mol. The first kappa shape index (κ1) is 22.3. The second-order valence-corrected chi connectivity index (χ2v) is 9.85. The molecule has 2 aromatic rings. The lowest BCUT2D eigenvalue weighted by atomic mass is 9.94. The Bertz CT molecular complexity index is 885. The van der Waals surface area contributed by atoms with Crippen molar-refractivity contribution in [1.82, 2.24) is 24.7 Å². The van der Waals surface area contributed by atoms with Crippen molar-refractivity contribution in [2.75, 3.05) is 27.2 Å².